The maximum atomic E-state index is 5.85. The Morgan fingerprint density at radius 1 is 1.21 bits per heavy atom. The number of pyridine rings is 1. The van der Waals surface area contributed by atoms with Crippen molar-refractivity contribution >= 4 is 16.9 Å². The van der Waals surface area contributed by atoms with Crippen LogP contribution < -0.4 is 4.90 Å². The van der Waals surface area contributed by atoms with Crippen LogP contribution in [0.1, 0.15) is 51.5 Å². The van der Waals surface area contributed by atoms with E-state index in [-0.39, 0.29) is 0 Å². The van der Waals surface area contributed by atoms with E-state index >= 15 is 0 Å². The Kier molecular flexibility index (Phi) is 6.14. The molecule has 29 heavy (non-hydrogen) atoms. The van der Waals surface area contributed by atoms with Crippen molar-refractivity contribution in [3.05, 3.63) is 54.0 Å². The highest BCUT2D eigenvalue weighted by molar-refractivity contribution is 5.72. The van der Waals surface area contributed by atoms with Gasteiger partial charge in [0.2, 0.25) is 0 Å². The van der Waals surface area contributed by atoms with Crippen LogP contribution in [0.2, 0.25) is 0 Å². The molecule has 4 rings (SSSR count). The number of hydrogen-bond donors (Lipinski definition) is 0. The molecule has 154 valence electrons. The minimum absolute atomic E-state index is 0.483. The standard InChI is InChI=1S/C24H32N4O/c1-18(2)27(14-7-11-24-26-21-9-4-5-10-22(21)29-24)17-20-12-13-23(25-16-20)28-15-6-8-19(28)3/h4-5,9-10,12-13,16,18-19H,6-8,11,14-15,17H2,1-3H3. The molecule has 0 saturated carbocycles. The molecule has 1 aromatic carbocycles. The lowest BCUT2D eigenvalue weighted by molar-refractivity contribution is 0.208. The van der Waals surface area contributed by atoms with Crippen LogP contribution in [-0.2, 0) is 13.0 Å². The van der Waals surface area contributed by atoms with Crippen LogP contribution in [0.4, 0.5) is 5.82 Å². The summed E-state index contributed by atoms with van der Waals surface area (Å²) in [6.45, 7) is 9.87. The first-order valence-electron chi connectivity index (χ1n) is 10.9. The first-order chi connectivity index (χ1) is 14.1. The largest absolute Gasteiger partial charge is 0.441 e. The van der Waals surface area contributed by atoms with E-state index in [2.05, 4.69) is 53.9 Å². The van der Waals surface area contributed by atoms with E-state index in [1.54, 1.807) is 0 Å². The summed E-state index contributed by atoms with van der Waals surface area (Å²) in [5, 5.41) is 0. The monoisotopic (exact) mass is 392 g/mol. The summed E-state index contributed by atoms with van der Waals surface area (Å²) in [4.78, 5) is 14.3. The molecule has 3 heterocycles. The van der Waals surface area contributed by atoms with Crippen LogP contribution in [0, 0.1) is 0 Å². The zero-order valence-electron chi connectivity index (χ0n) is 17.8. The Balaban J connectivity index is 1.32. The number of rotatable bonds is 8. The molecule has 1 aliphatic heterocycles. The lowest BCUT2D eigenvalue weighted by Gasteiger charge is -2.27. The van der Waals surface area contributed by atoms with Gasteiger partial charge < -0.3 is 9.32 Å². The van der Waals surface area contributed by atoms with Crippen molar-refractivity contribution in [3.8, 4) is 0 Å². The number of benzene rings is 1. The first-order valence-corrected chi connectivity index (χ1v) is 10.9. The van der Waals surface area contributed by atoms with Gasteiger partial charge in [-0.3, -0.25) is 4.90 Å². The van der Waals surface area contributed by atoms with Crippen molar-refractivity contribution in [2.75, 3.05) is 18.0 Å². The highest BCUT2D eigenvalue weighted by Gasteiger charge is 2.21. The second kappa shape index (κ2) is 8.95. The smallest absolute Gasteiger partial charge is 0.195 e. The van der Waals surface area contributed by atoms with Gasteiger partial charge in [-0.2, -0.15) is 0 Å². The van der Waals surface area contributed by atoms with E-state index < -0.39 is 0 Å². The highest BCUT2D eigenvalue weighted by atomic mass is 16.3. The topological polar surface area (TPSA) is 45.4 Å². The van der Waals surface area contributed by atoms with Gasteiger partial charge in [0.05, 0.1) is 0 Å². The Morgan fingerprint density at radius 2 is 2.07 bits per heavy atom. The summed E-state index contributed by atoms with van der Waals surface area (Å²) in [5.41, 5.74) is 3.10. The molecule has 5 heteroatoms. The molecule has 0 amide bonds. The van der Waals surface area contributed by atoms with E-state index in [0.29, 0.717) is 12.1 Å². The summed E-state index contributed by atoms with van der Waals surface area (Å²) in [6, 6.07) is 13.5. The van der Waals surface area contributed by atoms with Crippen molar-refractivity contribution in [2.45, 2.75) is 65.1 Å². The van der Waals surface area contributed by atoms with Gasteiger partial charge in [-0.1, -0.05) is 18.2 Å². The minimum Gasteiger partial charge on any atom is -0.441 e. The van der Waals surface area contributed by atoms with Gasteiger partial charge in [0.15, 0.2) is 11.5 Å². The van der Waals surface area contributed by atoms with Crippen LogP contribution in [-0.4, -0.2) is 40.0 Å². The van der Waals surface area contributed by atoms with Crippen molar-refractivity contribution < 1.29 is 4.42 Å². The van der Waals surface area contributed by atoms with Gasteiger partial charge in [-0.15, -0.1) is 0 Å². The summed E-state index contributed by atoms with van der Waals surface area (Å²) in [6.07, 6.45) is 6.48. The third-order valence-corrected chi connectivity index (χ3v) is 5.95. The van der Waals surface area contributed by atoms with Crippen molar-refractivity contribution in [1.29, 1.82) is 0 Å². The zero-order chi connectivity index (χ0) is 20.2. The fraction of sp³-hybridized carbons (Fsp3) is 0.500. The number of nitrogens with zero attached hydrogens (tertiary/aromatic N) is 4. The van der Waals surface area contributed by atoms with Crippen molar-refractivity contribution in [3.63, 3.8) is 0 Å². The zero-order valence-corrected chi connectivity index (χ0v) is 17.8. The fourth-order valence-electron chi connectivity index (χ4n) is 4.17. The Labute approximate surface area is 173 Å². The molecule has 1 fully saturated rings. The summed E-state index contributed by atoms with van der Waals surface area (Å²) in [5.74, 6) is 1.95. The van der Waals surface area contributed by atoms with E-state index in [9.17, 15) is 0 Å². The molecule has 0 N–H and O–H groups in total. The Morgan fingerprint density at radius 3 is 2.76 bits per heavy atom. The number of anilines is 1. The number of hydrogen-bond acceptors (Lipinski definition) is 5. The van der Waals surface area contributed by atoms with Crippen molar-refractivity contribution in [1.82, 2.24) is 14.9 Å². The molecule has 1 atom stereocenters. The molecule has 1 aliphatic rings. The Hall–Kier alpha value is -2.40. The van der Waals surface area contributed by atoms with Gasteiger partial charge in [0, 0.05) is 37.8 Å². The third kappa shape index (κ3) is 4.78. The molecule has 1 saturated heterocycles. The van der Waals surface area contributed by atoms with Crippen LogP contribution >= 0.6 is 0 Å². The van der Waals surface area contributed by atoms with E-state index in [1.165, 1.54) is 18.4 Å². The Bertz CT molecular complexity index is 885. The second-order valence-electron chi connectivity index (χ2n) is 8.45. The maximum Gasteiger partial charge on any atom is 0.195 e. The van der Waals surface area contributed by atoms with Gasteiger partial charge in [0.25, 0.3) is 0 Å². The van der Waals surface area contributed by atoms with Crippen LogP contribution in [0.5, 0.6) is 0 Å². The summed E-state index contributed by atoms with van der Waals surface area (Å²) < 4.78 is 5.85. The van der Waals surface area contributed by atoms with Gasteiger partial charge >= 0.3 is 0 Å². The lowest BCUT2D eigenvalue weighted by atomic mass is 10.2. The third-order valence-electron chi connectivity index (χ3n) is 5.95. The van der Waals surface area contributed by atoms with Gasteiger partial charge in [0.1, 0.15) is 11.3 Å². The second-order valence-corrected chi connectivity index (χ2v) is 8.45. The van der Waals surface area contributed by atoms with Crippen LogP contribution in [0.15, 0.2) is 47.0 Å². The SMILES string of the molecule is CC(C)N(CCCc1nc2ccccc2o1)Cc1ccc(N2CCCC2C)nc1. The van der Waals surface area contributed by atoms with Crippen LogP contribution in [0.25, 0.3) is 11.1 Å². The summed E-state index contributed by atoms with van der Waals surface area (Å²) >= 11 is 0. The highest BCUT2D eigenvalue weighted by Crippen LogP contribution is 2.23. The molecule has 0 aliphatic carbocycles. The molecule has 1 unspecified atom stereocenters. The fourth-order valence-corrected chi connectivity index (χ4v) is 4.17. The summed E-state index contributed by atoms with van der Waals surface area (Å²) in [7, 11) is 0. The number of oxazole rings is 1. The predicted molar refractivity (Wildman–Crippen MR) is 118 cm³/mol. The number of aryl methyl sites for hydroxylation is 1. The molecule has 0 spiro atoms. The van der Waals surface area contributed by atoms with E-state index in [1.807, 2.05) is 24.3 Å². The molecular weight excluding hydrogens is 360 g/mol. The van der Waals surface area contributed by atoms with E-state index in [0.717, 1.165) is 55.3 Å². The van der Waals surface area contributed by atoms with E-state index in [4.69, 9.17) is 9.40 Å². The average molecular weight is 393 g/mol. The number of para-hydroxylation sites is 2. The maximum absolute atomic E-state index is 5.85. The normalized spacial score (nSPS) is 17.1. The molecule has 0 radical (unpaired) electrons. The molecular formula is C24H32N4O. The van der Waals surface area contributed by atoms with Crippen molar-refractivity contribution in [2.24, 2.45) is 0 Å². The minimum atomic E-state index is 0.483. The van der Waals surface area contributed by atoms with Crippen LogP contribution in [0.3, 0.4) is 0 Å². The molecule has 3 aromatic rings. The van der Waals surface area contributed by atoms with Gasteiger partial charge in [-0.25, -0.2) is 9.97 Å². The number of fused-ring (bicyclic) bond motifs is 1. The van der Waals surface area contributed by atoms with Gasteiger partial charge in [-0.05, 0) is 70.3 Å². The first kappa shape index (κ1) is 19.9. The predicted octanol–water partition coefficient (Wildman–Crippen LogP) is 5.05. The molecule has 2 aromatic heterocycles. The average Bonchev–Trinajstić information content (AvgIpc) is 3.33. The number of aromatic nitrogens is 2. The lowest BCUT2D eigenvalue weighted by Crippen LogP contribution is -2.32. The quantitative estimate of drug-likeness (QED) is 0.536. The molecule has 5 nitrogen and oxygen atoms in total. The molecule has 0 bridgehead atoms.